The second-order valence-electron chi connectivity index (χ2n) is 3.97. The predicted molar refractivity (Wildman–Crippen MR) is 65.4 cm³/mol. The molecule has 0 aliphatic carbocycles. The van der Waals surface area contributed by atoms with Crippen LogP contribution in [-0.2, 0) is 13.1 Å². The topological polar surface area (TPSA) is 42.7 Å². The van der Waals surface area contributed by atoms with Crippen LogP contribution in [0.4, 0.5) is 0 Å². The van der Waals surface area contributed by atoms with Crippen LogP contribution in [0, 0.1) is 0 Å². The average molecular weight is 236 g/mol. The number of nitrogens with one attached hydrogen (secondary N) is 1. The minimum absolute atomic E-state index is 0.499. The summed E-state index contributed by atoms with van der Waals surface area (Å²) in [5.41, 5.74) is 1.08. The minimum Gasteiger partial charge on any atom is -0.308 e. The summed E-state index contributed by atoms with van der Waals surface area (Å²) >= 11 is 1.70. The molecule has 2 aromatic rings. The molecule has 0 saturated heterocycles. The molecule has 1 N–H and O–H groups in total. The highest BCUT2D eigenvalue weighted by molar-refractivity contribution is 7.09. The van der Waals surface area contributed by atoms with Crippen LogP contribution in [0.2, 0.25) is 0 Å². The Hall–Kier alpha value is -1.20. The van der Waals surface area contributed by atoms with Gasteiger partial charge in [0.2, 0.25) is 0 Å². The van der Waals surface area contributed by atoms with Crippen LogP contribution in [0.15, 0.2) is 23.8 Å². The first-order valence-electron chi connectivity index (χ1n) is 5.38. The summed E-state index contributed by atoms with van der Waals surface area (Å²) in [5.74, 6) is 0. The number of nitrogens with zero attached hydrogens (tertiary/aromatic N) is 3. The third-order valence-corrected chi connectivity index (χ3v) is 3.04. The van der Waals surface area contributed by atoms with E-state index in [1.165, 1.54) is 0 Å². The first-order chi connectivity index (χ1) is 7.74. The van der Waals surface area contributed by atoms with Crippen molar-refractivity contribution in [2.75, 3.05) is 0 Å². The Morgan fingerprint density at radius 1 is 1.50 bits per heavy atom. The molecule has 0 fully saturated rings. The van der Waals surface area contributed by atoms with Gasteiger partial charge >= 0.3 is 0 Å². The molecule has 0 bridgehead atoms. The van der Waals surface area contributed by atoms with Crippen molar-refractivity contribution in [3.63, 3.8) is 0 Å². The third kappa shape index (κ3) is 3.15. The Morgan fingerprint density at radius 2 is 2.38 bits per heavy atom. The molecule has 0 aromatic carbocycles. The smallest absolute Gasteiger partial charge is 0.107 e. The van der Waals surface area contributed by atoms with Crippen LogP contribution in [0.3, 0.4) is 0 Å². The van der Waals surface area contributed by atoms with Crippen LogP contribution in [-0.4, -0.2) is 20.8 Å². The molecule has 16 heavy (non-hydrogen) atoms. The SMILES string of the molecule is CC(C)NCc1nc(Cn2cccn2)cs1. The van der Waals surface area contributed by atoms with Crippen molar-refractivity contribution in [3.8, 4) is 0 Å². The van der Waals surface area contributed by atoms with Gasteiger partial charge in [-0.3, -0.25) is 4.68 Å². The quantitative estimate of drug-likeness (QED) is 0.862. The summed E-state index contributed by atoms with van der Waals surface area (Å²) in [7, 11) is 0. The van der Waals surface area contributed by atoms with Gasteiger partial charge in [-0.1, -0.05) is 13.8 Å². The molecule has 0 aliphatic rings. The van der Waals surface area contributed by atoms with E-state index < -0.39 is 0 Å². The Bertz CT molecular complexity index is 419. The summed E-state index contributed by atoms with van der Waals surface area (Å²) < 4.78 is 1.88. The van der Waals surface area contributed by atoms with Gasteiger partial charge < -0.3 is 5.32 Å². The molecule has 2 aromatic heterocycles. The average Bonchev–Trinajstić information content (AvgIpc) is 2.87. The molecule has 0 aliphatic heterocycles. The van der Waals surface area contributed by atoms with E-state index in [4.69, 9.17) is 0 Å². The lowest BCUT2D eigenvalue weighted by Gasteiger charge is -2.04. The molecule has 0 unspecified atom stereocenters. The van der Waals surface area contributed by atoms with Crippen LogP contribution in [0.25, 0.3) is 0 Å². The zero-order valence-electron chi connectivity index (χ0n) is 9.55. The zero-order valence-corrected chi connectivity index (χ0v) is 10.4. The highest BCUT2D eigenvalue weighted by Crippen LogP contribution is 2.10. The summed E-state index contributed by atoms with van der Waals surface area (Å²) in [4.78, 5) is 4.55. The maximum Gasteiger partial charge on any atom is 0.107 e. The number of aromatic nitrogens is 3. The van der Waals surface area contributed by atoms with Gasteiger partial charge in [-0.15, -0.1) is 11.3 Å². The van der Waals surface area contributed by atoms with E-state index in [0.717, 1.165) is 23.8 Å². The summed E-state index contributed by atoms with van der Waals surface area (Å²) in [5, 5.41) is 10.8. The molecule has 5 heteroatoms. The van der Waals surface area contributed by atoms with Crippen LogP contribution < -0.4 is 5.32 Å². The van der Waals surface area contributed by atoms with Gasteiger partial charge in [0.25, 0.3) is 0 Å². The molecular formula is C11H16N4S. The molecule has 2 rings (SSSR count). The van der Waals surface area contributed by atoms with Crippen molar-refractivity contribution in [1.29, 1.82) is 0 Å². The van der Waals surface area contributed by atoms with Crippen molar-refractivity contribution in [3.05, 3.63) is 34.5 Å². The van der Waals surface area contributed by atoms with Crippen LogP contribution in [0.1, 0.15) is 24.5 Å². The highest BCUT2D eigenvalue weighted by Gasteiger charge is 2.03. The normalized spacial score (nSPS) is 11.2. The first kappa shape index (κ1) is 11.3. The van der Waals surface area contributed by atoms with Gasteiger partial charge in [0, 0.05) is 30.4 Å². The fraction of sp³-hybridized carbons (Fsp3) is 0.455. The minimum atomic E-state index is 0.499. The van der Waals surface area contributed by atoms with Gasteiger partial charge in [-0.05, 0) is 6.07 Å². The number of thiazole rings is 1. The number of hydrogen-bond acceptors (Lipinski definition) is 4. The van der Waals surface area contributed by atoms with E-state index in [1.807, 2.05) is 16.9 Å². The first-order valence-corrected chi connectivity index (χ1v) is 6.26. The molecule has 86 valence electrons. The van der Waals surface area contributed by atoms with E-state index in [0.29, 0.717) is 6.04 Å². The van der Waals surface area contributed by atoms with Crippen LogP contribution >= 0.6 is 11.3 Å². The second kappa shape index (κ2) is 5.23. The summed E-state index contributed by atoms with van der Waals surface area (Å²) in [6, 6.07) is 2.42. The van der Waals surface area contributed by atoms with E-state index in [9.17, 15) is 0 Å². The monoisotopic (exact) mass is 236 g/mol. The Balaban J connectivity index is 1.92. The molecular weight excluding hydrogens is 220 g/mol. The highest BCUT2D eigenvalue weighted by atomic mass is 32.1. The third-order valence-electron chi connectivity index (χ3n) is 2.14. The lowest BCUT2D eigenvalue weighted by Crippen LogP contribution is -2.21. The molecule has 2 heterocycles. The second-order valence-corrected chi connectivity index (χ2v) is 4.91. The lowest BCUT2D eigenvalue weighted by molar-refractivity contribution is 0.585. The molecule has 4 nitrogen and oxygen atoms in total. The van der Waals surface area contributed by atoms with Gasteiger partial charge in [0.15, 0.2) is 0 Å². The number of hydrogen-bond donors (Lipinski definition) is 1. The number of rotatable bonds is 5. The maximum absolute atomic E-state index is 4.55. The molecule has 0 amide bonds. The van der Waals surface area contributed by atoms with Crippen molar-refractivity contribution in [1.82, 2.24) is 20.1 Å². The maximum atomic E-state index is 4.55. The standard InChI is InChI=1S/C11H16N4S/c1-9(2)12-6-11-14-10(8-16-11)7-15-5-3-4-13-15/h3-5,8-9,12H,6-7H2,1-2H3. The van der Waals surface area contributed by atoms with Gasteiger partial charge in [0.05, 0.1) is 12.2 Å². The van der Waals surface area contributed by atoms with E-state index >= 15 is 0 Å². The Kier molecular flexibility index (Phi) is 3.69. The summed E-state index contributed by atoms with van der Waals surface area (Å²) in [6.45, 7) is 5.88. The largest absolute Gasteiger partial charge is 0.308 e. The fourth-order valence-electron chi connectivity index (χ4n) is 1.35. The van der Waals surface area contributed by atoms with Gasteiger partial charge in [0.1, 0.15) is 5.01 Å². The van der Waals surface area contributed by atoms with E-state index in [-0.39, 0.29) is 0 Å². The Labute approximate surface area is 99.3 Å². The molecule has 0 radical (unpaired) electrons. The molecule has 0 saturated carbocycles. The van der Waals surface area contributed by atoms with E-state index in [2.05, 4.69) is 34.6 Å². The Morgan fingerprint density at radius 3 is 3.06 bits per heavy atom. The van der Waals surface area contributed by atoms with Crippen molar-refractivity contribution < 1.29 is 0 Å². The van der Waals surface area contributed by atoms with Crippen molar-refractivity contribution in [2.24, 2.45) is 0 Å². The molecule has 0 spiro atoms. The summed E-state index contributed by atoms with van der Waals surface area (Å²) in [6.07, 6.45) is 3.74. The fourth-order valence-corrected chi connectivity index (χ4v) is 2.09. The predicted octanol–water partition coefficient (Wildman–Crippen LogP) is 1.89. The van der Waals surface area contributed by atoms with Crippen molar-refractivity contribution in [2.45, 2.75) is 33.0 Å². The molecule has 0 atom stereocenters. The van der Waals surface area contributed by atoms with Gasteiger partial charge in [-0.2, -0.15) is 5.10 Å². The van der Waals surface area contributed by atoms with E-state index in [1.54, 1.807) is 17.5 Å². The van der Waals surface area contributed by atoms with Gasteiger partial charge in [-0.25, -0.2) is 4.98 Å². The van der Waals surface area contributed by atoms with Crippen molar-refractivity contribution >= 4 is 11.3 Å². The zero-order chi connectivity index (χ0) is 11.4. The lowest BCUT2D eigenvalue weighted by atomic mass is 10.4. The van der Waals surface area contributed by atoms with Crippen LogP contribution in [0.5, 0.6) is 0 Å².